The maximum absolute atomic E-state index is 12.4. The molecule has 0 aliphatic carbocycles. The summed E-state index contributed by atoms with van der Waals surface area (Å²) in [7, 11) is 1.57. The predicted molar refractivity (Wildman–Crippen MR) is 103 cm³/mol. The van der Waals surface area contributed by atoms with Crippen molar-refractivity contribution >= 4 is 28.0 Å². The van der Waals surface area contributed by atoms with Gasteiger partial charge in [-0.2, -0.15) is 0 Å². The molecule has 142 valence electrons. The van der Waals surface area contributed by atoms with Gasteiger partial charge in [-0.3, -0.25) is 4.79 Å². The molecular formula is C20H20BrNO5. The number of halogens is 1. The van der Waals surface area contributed by atoms with Crippen molar-refractivity contribution in [1.82, 2.24) is 4.90 Å². The van der Waals surface area contributed by atoms with Crippen LogP contribution in [0, 0.1) is 5.92 Å². The van der Waals surface area contributed by atoms with Gasteiger partial charge >= 0.3 is 12.1 Å². The van der Waals surface area contributed by atoms with Gasteiger partial charge in [0.25, 0.3) is 0 Å². The summed E-state index contributed by atoms with van der Waals surface area (Å²) < 4.78 is 11.3. The van der Waals surface area contributed by atoms with Crippen LogP contribution in [0.1, 0.15) is 17.0 Å². The SMILES string of the molecule is COc1ccc([C@@H]2CN(C(=O)OCc3ccccc3)C[C@H]2C(=O)O)cc1Br. The Bertz CT molecular complexity index is 826. The first-order valence-corrected chi connectivity index (χ1v) is 9.30. The molecule has 1 fully saturated rings. The first-order valence-electron chi connectivity index (χ1n) is 8.51. The first-order chi connectivity index (χ1) is 13.0. The fourth-order valence-corrected chi connectivity index (χ4v) is 3.82. The van der Waals surface area contributed by atoms with E-state index in [9.17, 15) is 14.7 Å². The minimum Gasteiger partial charge on any atom is -0.496 e. The number of amides is 1. The lowest BCUT2D eigenvalue weighted by atomic mass is 9.89. The van der Waals surface area contributed by atoms with Crippen LogP contribution >= 0.6 is 15.9 Å². The molecule has 1 saturated heterocycles. The molecule has 0 bridgehead atoms. The van der Waals surface area contributed by atoms with Crippen molar-refractivity contribution in [2.75, 3.05) is 20.2 Å². The lowest BCUT2D eigenvalue weighted by molar-refractivity contribution is -0.141. The van der Waals surface area contributed by atoms with Crippen LogP contribution in [-0.2, 0) is 16.1 Å². The number of carboxylic acid groups (broad SMARTS) is 1. The number of hydrogen-bond donors (Lipinski definition) is 1. The maximum atomic E-state index is 12.4. The first kappa shape index (κ1) is 19.2. The number of carbonyl (C=O) groups excluding carboxylic acids is 1. The molecule has 1 heterocycles. The van der Waals surface area contributed by atoms with Gasteiger partial charge in [-0.25, -0.2) is 4.79 Å². The Kier molecular flexibility index (Phi) is 6.01. The Labute approximate surface area is 165 Å². The zero-order valence-corrected chi connectivity index (χ0v) is 16.4. The van der Waals surface area contributed by atoms with Gasteiger partial charge in [-0.15, -0.1) is 0 Å². The molecule has 1 N–H and O–H groups in total. The van der Waals surface area contributed by atoms with Crippen molar-refractivity contribution in [2.45, 2.75) is 12.5 Å². The van der Waals surface area contributed by atoms with Crippen molar-refractivity contribution in [3.63, 3.8) is 0 Å². The van der Waals surface area contributed by atoms with Gasteiger partial charge in [-0.1, -0.05) is 36.4 Å². The van der Waals surface area contributed by atoms with Gasteiger partial charge < -0.3 is 19.5 Å². The van der Waals surface area contributed by atoms with E-state index in [1.807, 2.05) is 42.5 Å². The number of likely N-dealkylation sites (tertiary alicyclic amines) is 1. The molecule has 2 aromatic carbocycles. The molecule has 0 radical (unpaired) electrons. The van der Waals surface area contributed by atoms with E-state index in [1.54, 1.807) is 13.2 Å². The number of rotatable bonds is 5. The van der Waals surface area contributed by atoms with E-state index >= 15 is 0 Å². The molecule has 6 nitrogen and oxygen atoms in total. The normalized spacial score (nSPS) is 19.0. The molecule has 0 saturated carbocycles. The number of aliphatic carboxylic acids is 1. The highest BCUT2D eigenvalue weighted by Gasteiger charge is 2.41. The molecule has 0 unspecified atom stereocenters. The monoisotopic (exact) mass is 433 g/mol. The van der Waals surface area contributed by atoms with Crippen LogP contribution in [0.2, 0.25) is 0 Å². The number of hydrogen-bond acceptors (Lipinski definition) is 4. The van der Waals surface area contributed by atoms with E-state index in [0.717, 1.165) is 15.6 Å². The van der Waals surface area contributed by atoms with Crippen LogP contribution in [0.5, 0.6) is 5.75 Å². The highest BCUT2D eigenvalue weighted by atomic mass is 79.9. The lowest BCUT2D eigenvalue weighted by Crippen LogP contribution is -2.30. The second kappa shape index (κ2) is 8.43. The van der Waals surface area contributed by atoms with Gasteiger partial charge in [0.2, 0.25) is 0 Å². The van der Waals surface area contributed by atoms with Crippen LogP contribution in [0.3, 0.4) is 0 Å². The summed E-state index contributed by atoms with van der Waals surface area (Å²) in [6.07, 6.45) is -0.500. The van der Waals surface area contributed by atoms with Gasteiger partial charge in [0.15, 0.2) is 0 Å². The third kappa shape index (κ3) is 4.42. The molecule has 2 atom stereocenters. The fraction of sp³-hybridized carbons (Fsp3) is 0.300. The Morgan fingerprint density at radius 2 is 1.93 bits per heavy atom. The zero-order valence-electron chi connectivity index (χ0n) is 14.8. The summed E-state index contributed by atoms with van der Waals surface area (Å²) >= 11 is 3.43. The summed E-state index contributed by atoms with van der Waals surface area (Å²) in [6, 6.07) is 14.8. The third-order valence-electron chi connectivity index (χ3n) is 4.70. The quantitative estimate of drug-likeness (QED) is 0.773. The average Bonchev–Trinajstić information content (AvgIpc) is 3.13. The number of ether oxygens (including phenoxy) is 2. The van der Waals surface area contributed by atoms with Crippen molar-refractivity contribution < 1.29 is 24.2 Å². The van der Waals surface area contributed by atoms with Crippen LogP contribution in [0.25, 0.3) is 0 Å². The summed E-state index contributed by atoms with van der Waals surface area (Å²) in [6.45, 7) is 0.577. The Balaban J connectivity index is 1.71. The molecule has 1 aliphatic rings. The lowest BCUT2D eigenvalue weighted by Gasteiger charge is -2.17. The van der Waals surface area contributed by atoms with Crippen molar-refractivity contribution in [2.24, 2.45) is 5.92 Å². The Hall–Kier alpha value is -2.54. The number of carboxylic acids is 1. The minimum atomic E-state index is -0.926. The van der Waals surface area contributed by atoms with E-state index in [1.165, 1.54) is 4.90 Å². The molecule has 1 aliphatic heterocycles. The molecule has 7 heteroatoms. The van der Waals surface area contributed by atoms with Crippen LogP contribution in [-0.4, -0.2) is 42.3 Å². The molecule has 1 amide bonds. The smallest absolute Gasteiger partial charge is 0.410 e. The van der Waals surface area contributed by atoms with Gasteiger partial charge in [-0.05, 0) is 39.2 Å². The van der Waals surface area contributed by atoms with Gasteiger partial charge in [0.1, 0.15) is 12.4 Å². The fourth-order valence-electron chi connectivity index (χ4n) is 3.26. The molecule has 27 heavy (non-hydrogen) atoms. The van der Waals surface area contributed by atoms with Gasteiger partial charge in [0, 0.05) is 19.0 Å². The van der Waals surface area contributed by atoms with Crippen LogP contribution in [0.4, 0.5) is 4.79 Å². The second-order valence-electron chi connectivity index (χ2n) is 6.39. The van der Waals surface area contributed by atoms with Gasteiger partial charge in [0.05, 0.1) is 17.5 Å². The van der Waals surface area contributed by atoms with E-state index < -0.39 is 18.0 Å². The largest absolute Gasteiger partial charge is 0.496 e. The molecule has 3 rings (SSSR count). The number of benzene rings is 2. The Morgan fingerprint density at radius 1 is 1.19 bits per heavy atom. The standard InChI is InChI=1S/C20H20BrNO5/c1-26-18-8-7-14(9-17(18)21)15-10-22(11-16(15)19(23)24)20(25)27-12-13-5-3-2-4-6-13/h2-9,15-16H,10-12H2,1H3,(H,23,24)/t15-,16+/m0/s1. The second-order valence-corrected chi connectivity index (χ2v) is 7.24. The molecular weight excluding hydrogens is 414 g/mol. The molecule has 0 spiro atoms. The highest BCUT2D eigenvalue weighted by molar-refractivity contribution is 9.10. The maximum Gasteiger partial charge on any atom is 0.410 e. The zero-order chi connectivity index (χ0) is 19.4. The van der Waals surface area contributed by atoms with Crippen molar-refractivity contribution in [3.05, 3.63) is 64.1 Å². The van der Waals surface area contributed by atoms with E-state index in [2.05, 4.69) is 15.9 Å². The number of methoxy groups -OCH3 is 1. The average molecular weight is 434 g/mol. The topological polar surface area (TPSA) is 76.1 Å². The molecule has 2 aromatic rings. The minimum absolute atomic E-state index is 0.122. The highest BCUT2D eigenvalue weighted by Crippen LogP contribution is 2.36. The predicted octanol–water partition coefficient (Wildman–Crippen LogP) is 3.89. The van der Waals surface area contributed by atoms with E-state index in [0.29, 0.717) is 12.3 Å². The number of carbonyl (C=O) groups is 2. The van der Waals surface area contributed by atoms with Crippen LogP contribution < -0.4 is 4.74 Å². The Morgan fingerprint density at radius 3 is 2.56 bits per heavy atom. The summed E-state index contributed by atoms with van der Waals surface area (Å²) in [5.41, 5.74) is 1.73. The third-order valence-corrected chi connectivity index (χ3v) is 5.32. The van der Waals surface area contributed by atoms with Crippen LogP contribution in [0.15, 0.2) is 53.0 Å². The number of nitrogens with zero attached hydrogens (tertiary/aromatic N) is 1. The van der Waals surface area contributed by atoms with Crippen molar-refractivity contribution in [1.29, 1.82) is 0 Å². The van der Waals surface area contributed by atoms with E-state index in [-0.39, 0.29) is 19.1 Å². The van der Waals surface area contributed by atoms with Crippen molar-refractivity contribution in [3.8, 4) is 5.75 Å². The summed E-state index contributed by atoms with van der Waals surface area (Å²) in [5, 5.41) is 9.61. The molecule has 0 aromatic heterocycles. The summed E-state index contributed by atoms with van der Waals surface area (Å²) in [5.74, 6) is -1.25. The van der Waals surface area contributed by atoms with E-state index in [4.69, 9.17) is 9.47 Å². The summed E-state index contributed by atoms with van der Waals surface area (Å²) in [4.78, 5) is 25.6.